The molecule has 4 nitrogen and oxygen atoms in total. The van der Waals surface area contributed by atoms with Crippen LogP contribution in [0.25, 0.3) is 0 Å². The molecule has 1 heterocycles. The van der Waals surface area contributed by atoms with Crippen LogP contribution >= 0.6 is 0 Å². The lowest BCUT2D eigenvalue weighted by atomic mass is 10.1. The highest BCUT2D eigenvalue weighted by molar-refractivity contribution is 5.76. The zero-order chi connectivity index (χ0) is 15.1. The topological polar surface area (TPSA) is 26.8 Å². The molecule has 0 aliphatic carbocycles. The molecule has 1 fully saturated rings. The number of unbranched alkanes of at least 4 members (excludes halogenated alkanes) is 1. The van der Waals surface area contributed by atoms with Gasteiger partial charge in [-0.25, -0.2) is 0 Å². The summed E-state index contributed by atoms with van der Waals surface area (Å²) in [6.07, 6.45) is 4.04. The quantitative estimate of drug-likeness (QED) is 0.715. The summed E-state index contributed by atoms with van der Waals surface area (Å²) in [6.45, 7) is 10.7. The van der Waals surface area contributed by atoms with Crippen LogP contribution < -0.4 is 0 Å². The minimum atomic E-state index is 0.346. The Morgan fingerprint density at radius 3 is 2.25 bits per heavy atom. The van der Waals surface area contributed by atoms with Crippen LogP contribution in [-0.2, 0) is 4.79 Å². The predicted octanol–water partition coefficient (Wildman–Crippen LogP) is 2.05. The fourth-order valence-electron chi connectivity index (χ4n) is 3.06. The van der Waals surface area contributed by atoms with Gasteiger partial charge >= 0.3 is 0 Å². The van der Waals surface area contributed by atoms with Crippen molar-refractivity contribution in [3.8, 4) is 0 Å². The molecular formula is C16H33N3O. The van der Waals surface area contributed by atoms with Crippen molar-refractivity contribution in [1.82, 2.24) is 14.7 Å². The first-order valence-electron chi connectivity index (χ1n) is 8.14. The van der Waals surface area contributed by atoms with Crippen molar-refractivity contribution in [2.24, 2.45) is 0 Å². The third-order valence-electron chi connectivity index (χ3n) is 4.22. The monoisotopic (exact) mass is 283 g/mol. The summed E-state index contributed by atoms with van der Waals surface area (Å²) in [7, 11) is 4.24. The van der Waals surface area contributed by atoms with Crippen LogP contribution in [0, 0.1) is 0 Å². The fraction of sp³-hybridized carbons (Fsp3) is 0.938. The lowest BCUT2D eigenvalue weighted by molar-refractivity contribution is -0.135. The highest BCUT2D eigenvalue weighted by atomic mass is 16.2. The number of amides is 1. The molecule has 1 amide bonds. The number of carbonyl (C=O) groups excluding carboxylic acids is 1. The molecule has 0 bridgehead atoms. The molecule has 0 aromatic heterocycles. The Morgan fingerprint density at radius 2 is 1.75 bits per heavy atom. The summed E-state index contributed by atoms with van der Waals surface area (Å²) in [5, 5.41) is 0. The molecule has 1 rings (SSSR count). The Morgan fingerprint density at radius 1 is 1.15 bits per heavy atom. The molecule has 0 aromatic carbocycles. The van der Waals surface area contributed by atoms with E-state index in [1.54, 1.807) is 0 Å². The summed E-state index contributed by atoms with van der Waals surface area (Å²) >= 11 is 0. The molecule has 20 heavy (non-hydrogen) atoms. The van der Waals surface area contributed by atoms with Gasteiger partial charge < -0.3 is 9.80 Å². The van der Waals surface area contributed by atoms with Crippen LogP contribution in [-0.4, -0.2) is 73.0 Å². The van der Waals surface area contributed by atoms with Crippen LogP contribution in [0.2, 0.25) is 0 Å². The third kappa shape index (κ3) is 5.41. The molecule has 0 spiro atoms. The van der Waals surface area contributed by atoms with Crippen molar-refractivity contribution in [3.05, 3.63) is 0 Å². The second-order valence-corrected chi connectivity index (χ2v) is 6.49. The maximum Gasteiger partial charge on any atom is 0.222 e. The SMILES string of the molecule is CCCCC(=O)N1CC(C)N(CCCN(C)C)C(C)C1. The van der Waals surface area contributed by atoms with Crippen LogP contribution in [0.4, 0.5) is 0 Å². The summed E-state index contributed by atoms with van der Waals surface area (Å²) in [6, 6.07) is 0.956. The van der Waals surface area contributed by atoms with E-state index >= 15 is 0 Å². The molecule has 118 valence electrons. The maximum atomic E-state index is 12.2. The highest BCUT2D eigenvalue weighted by Crippen LogP contribution is 2.17. The summed E-state index contributed by atoms with van der Waals surface area (Å²) < 4.78 is 0. The van der Waals surface area contributed by atoms with Crippen LogP contribution in [0.3, 0.4) is 0 Å². The van der Waals surface area contributed by atoms with Gasteiger partial charge in [0.25, 0.3) is 0 Å². The molecule has 2 unspecified atom stereocenters. The number of piperazine rings is 1. The lowest BCUT2D eigenvalue weighted by Crippen LogP contribution is -2.58. The standard InChI is InChI=1S/C16H33N3O/c1-6-7-9-16(20)18-12-14(2)19(15(3)13-18)11-8-10-17(4)5/h14-15H,6-13H2,1-5H3. The van der Waals surface area contributed by atoms with Gasteiger partial charge in [0.05, 0.1) is 0 Å². The van der Waals surface area contributed by atoms with Gasteiger partial charge in [0, 0.05) is 38.1 Å². The summed E-state index contributed by atoms with van der Waals surface area (Å²) in [4.78, 5) is 19.0. The Hall–Kier alpha value is -0.610. The van der Waals surface area contributed by atoms with E-state index in [2.05, 4.69) is 49.6 Å². The molecule has 2 atom stereocenters. The molecule has 4 heteroatoms. The number of carbonyl (C=O) groups is 1. The van der Waals surface area contributed by atoms with Crippen molar-refractivity contribution in [1.29, 1.82) is 0 Å². The van der Waals surface area contributed by atoms with E-state index in [4.69, 9.17) is 0 Å². The molecular weight excluding hydrogens is 250 g/mol. The van der Waals surface area contributed by atoms with Gasteiger partial charge in [0.1, 0.15) is 0 Å². The van der Waals surface area contributed by atoms with Crippen molar-refractivity contribution in [2.45, 2.75) is 58.5 Å². The third-order valence-corrected chi connectivity index (χ3v) is 4.22. The molecule has 1 saturated heterocycles. The first kappa shape index (κ1) is 17.4. The van der Waals surface area contributed by atoms with Gasteiger partial charge in [-0.05, 0) is 47.3 Å². The predicted molar refractivity (Wildman–Crippen MR) is 84.9 cm³/mol. The normalized spacial score (nSPS) is 24.4. The summed E-state index contributed by atoms with van der Waals surface area (Å²) in [5.41, 5.74) is 0. The van der Waals surface area contributed by atoms with Crippen molar-refractivity contribution < 1.29 is 4.79 Å². The van der Waals surface area contributed by atoms with Gasteiger partial charge in [-0.15, -0.1) is 0 Å². The first-order chi connectivity index (χ1) is 9.45. The van der Waals surface area contributed by atoms with E-state index in [-0.39, 0.29) is 0 Å². The Bertz CT molecular complexity index is 281. The van der Waals surface area contributed by atoms with Crippen molar-refractivity contribution >= 4 is 5.91 Å². The largest absolute Gasteiger partial charge is 0.340 e. The number of hydrogen-bond acceptors (Lipinski definition) is 3. The van der Waals surface area contributed by atoms with Crippen molar-refractivity contribution in [3.63, 3.8) is 0 Å². The van der Waals surface area contributed by atoms with Crippen LogP contribution in [0.1, 0.15) is 46.5 Å². The summed E-state index contributed by atoms with van der Waals surface area (Å²) in [5.74, 6) is 0.346. The van der Waals surface area contributed by atoms with Gasteiger partial charge in [-0.1, -0.05) is 13.3 Å². The second kappa shape index (κ2) is 8.63. The number of rotatable bonds is 7. The second-order valence-electron chi connectivity index (χ2n) is 6.49. The van der Waals surface area contributed by atoms with E-state index < -0.39 is 0 Å². The van der Waals surface area contributed by atoms with E-state index in [0.29, 0.717) is 18.0 Å². The van der Waals surface area contributed by atoms with Gasteiger partial charge in [-0.2, -0.15) is 0 Å². The van der Waals surface area contributed by atoms with Gasteiger partial charge in [0.2, 0.25) is 5.91 Å². The van der Waals surface area contributed by atoms with E-state index in [0.717, 1.165) is 45.4 Å². The maximum absolute atomic E-state index is 12.2. The number of nitrogens with zero attached hydrogens (tertiary/aromatic N) is 3. The van der Waals surface area contributed by atoms with Gasteiger partial charge in [0.15, 0.2) is 0 Å². The molecule has 0 aromatic rings. The Labute approximate surface area is 125 Å². The molecule has 1 aliphatic rings. The van der Waals surface area contributed by atoms with E-state index in [1.165, 1.54) is 6.42 Å². The molecule has 0 saturated carbocycles. The first-order valence-corrected chi connectivity index (χ1v) is 8.14. The molecule has 0 radical (unpaired) electrons. The van der Waals surface area contributed by atoms with Gasteiger partial charge in [-0.3, -0.25) is 9.69 Å². The Balaban J connectivity index is 2.43. The minimum absolute atomic E-state index is 0.346. The van der Waals surface area contributed by atoms with Crippen LogP contribution in [0.5, 0.6) is 0 Å². The smallest absolute Gasteiger partial charge is 0.222 e. The zero-order valence-electron chi connectivity index (χ0n) is 14.1. The minimum Gasteiger partial charge on any atom is -0.340 e. The Kier molecular flexibility index (Phi) is 7.52. The average molecular weight is 283 g/mol. The van der Waals surface area contributed by atoms with E-state index in [9.17, 15) is 4.79 Å². The highest BCUT2D eigenvalue weighted by Gasteiger charge is 2.30. The average Bonchev–Trinajstić information content (AvgIpc) is 2.38. The fourth-order valence-corrected chi connectivity index (χ4v) is 3.06. The van der Waals surface area contributed by atoms with E-state index in [1.807, 2.05) is 0 Å². The molecule has 1 aliphatic heterocycles. The zero-order valence-corrected chi connectivity index (χ0v) is 14.1. The van der Waals surface area contributed by atoms with Crippen LogP contribution in [0.15, 0.2) is 0 Å². The van der Waals surface area contributed by atoms with Crippen molar-refractivity contribution in [2.75, 3.05) is 40.3 Å². The number of hydrogen-bond donors (Lipinski definition) is 0. The lowest BCUT2D eigenvalue weighted by Gasteiger charge is -2.44. The molecule has 0 N–H and O–H groups in total.